The normalized spacial score (nSPS) is 24.5. The van der Waals surface area contributed by atoms with E-state index in [-0.39, 0.29) is 35.8 Å². The lowest BCUT2D eigenvalue weighted by atomic mass is 10.2. The first-order valence-corrected chi connectivity index (χ1v) is 13.9. The third-order valence-corrected chi connectivity index (χ3v) is 9.33. The van der Waals surface area contributed by atoms with Gasteiger partial charge in [0.05, 0.1) is 27.8 Å². The van der Waals surface area contributed by atoms with Crippen molar-refractivity contribution < 1.29 is 31.5 Å². The van der Waals surface area contributed by atoms with E-state index in [0.29, 0.717) is 18.5 Å². The number of carbonyl (C=O) groups excluding carboxylic acids is 2. The predicted octanol–water partition coefficient (Wildman–Crippen LogP) is 3.51. The number of nitriles is 1. The zero-order valence-electron chi connectivity index (χ0n) is 20.8. The molecule has 1 N–H and O–H groups in total. The van der Waals surface area contributed by atoms with Crippen LogP contribution in [0.3, 0.4) is 0 Å². The number of benzene rings is 1. The summed E-state index contributed by atoms with van der Waals surface area (Å²) in [5, 5.41) is 10.7. The molecule has 202 valence electrons. The summed E-state index contributed by atoms with van der Waals surface area (Å²) in [4.78, 5) is 28.3. The van der Waals surface area contributed by atoms with Crippen LogP contribution in [0.15, 0.2) is 23.1 Å². The minimum atomic E-state index is -4.14. The van der Waals surface area contributed by atoms with Crippen molar-refractivity contribution in [1.82, 2.24) is 10.2 Å². The molecule has 9 nitrogen and oxygen atoms in total. The summed E-state index contributed by atoms with van der Waals surface area (Å²) in [6, 6.07) is 4.91. The predicted molar refractivity (Wildman–Crippen MR) is 131 cm³/mol. The Labute approximate surface area is 219 Å². The molecule has 2 atom stereocenters. The van der Waals surface area contributed by atoms with Crippen LogP contribution in [0.4, 0.5) is 19.3 Å². The number of amides is 2. The number of alkyl halides is 2. The Bertz CT molecular complexity index is 1260. The maximum atomic E-state index is 13.6. The highest BCUT2D eigenvalue weighted by Crippen LogP contribution is 2.38. The second kappa shape index (κ2) is 9.27. The van der Waals surface area contributed by atoms with Crippen LogP contribution < -0.4 is 10.2 Å². The van der Waals surface area contributed by atoms with E-state index in [4.69, 9.17) is 16.3 Å². The Kier molecular flexibility index (Phi) is 6.86. The summed E-state index contributed by atoms with van der Waals surface area (Å²) < 4.78 is 59.8. The number of hydrogen-bond donors (Lipinski definition) is 1. The van der Waals surface area contributed by atoms with Crippen molar-refractivity contribution in [1.29, 1.82) is 5.26 Å². The van der Waals surface area contributed by atoms with E-state index in [2.05, 4.69) is 5.32 Å². The van der Waals surface area contributed by atoms with Gasteiger partial charge < -0.3 is 15.0 Å². The fraction of sp³-hybridized carbons (Fsp3) is 0.625. The van der Waals surface area contributed by atoms with Crippen molar-refractivity contribution in [2.45, 2.75) is 79.7 Å². The zero-order valence-corrected chi connectivity index (χ0v) is 22.3. The van der Waals surface area contributed by atoms with E-state index >= 15 is 0 Å². The Balaban J connectivity index is 1.58. The molecule has 2 saturated heterocycles. The average molecular weight is 559 g/mol. The van der Waals surface area contributed by atoms with E-state index in [0.717, 1.165) is 4.90 Å². The van der Waals surface area contributed by atoms with Crippen LogP contribution in [0.25, 0.3) is 0 Å². The highest BCUT2D eigenvalue weighted by atomic mass is 35.5. The maximum Gasteiger partial charge on any atom is 0.411 e. The average Bonchev–Trinajstić information content (AvgIpc) is 3.23. The molecule has 1 aromatic rings. The Morgan fingerprint density at radius 2 is 1.92 bits per heavy atom. The number of anilines is 1. The number of nitrogens with one attached hydrogen (secondary N) is 1. The summed E-state index contributed by atoms with van der Waals surface area (Å²) in [6.07, 6.45) is -0.416. The number of carbonyl (C=O) groups is 2. The molecule has 0 unspecified atom stereocenters. The second-order valence-electron chi connectivity index (χ2n) is 10.9. The largest absolute Gasteiger partial charge is 0.444 e. The quantitative estimate of drug-likeness (QED) is 0.587. The van der Waals surface area contributed by atoms with Crippen molar-refractivity contribution in [3.05, 3.63) is 23.2 Å². The van der Waals surface area contributed by atoms with Gasteiger partial charge in [0.2, 0.25) is 5.91 Å². The maximum absolute atomic E-state index is 13.6. The molecule has 2 aliphatic heterocycles. The minimum absolute atomic E-state index is 0.115. The van der Waals surface area contributed by atoms with Crippen molar-refractivity contribution in [3.8, 4) is 6.07 Å². The Hall–Kier alpha value is -2.65. The summed E-state index contributed by atoms with van der Waals surface area (Å²) in [7, 11) is -4.14. The van der Waals surface area contributed by atoms with Gasteiger partial charge in [-0.25, -0.2) is 22.0 Å². The molecular weight excluding hydrogens is 530 g/mol. The fourth-order valence-electron chi connectivity index (χ4n) is 4.56. The Morgan fingerprint density at radius 3 is 2.43 bits per heavy atom. The van der Waals surface area contributed by atoms with Gasteiger partial charge in [-0.05, 0) is 58.2 Å². The molecule has 1 aliphatic carbocycles. The summed E-state index contributed by atoms with van der Waals surface area (Å²) in [6.45, 7) is 4.27. The number of likely N-dealkylation sites (tertiary alicyclic amines) is 1. The number of halogens is 3. The molecule has 37 heavy (non-hydrogen) atoms. The molecule has 4 rings (SSSR count). The van der Waals surface area contributed by atoms with Gasteiger partial charge in [-0.15, -0.1) is 0 Å². The first-order chi connectivity index (χ1) is 17.1. The third kappa shape index (κ3) is 5.77. The lowest BCUT2D eigenvalue weighted by Gasteiger charge is -2.28. The highest BCUT2D eigenvalue weighted by Gasteiger charge is 2.51. The fourth-order valence-corrected chi connectivity index (χ4v) is 6.79. The topological polar surface area (TPSA) is 120 Å². The molecule has 2 amide bonds. The van der Waals surface area contributed by atoms with E-state index in [9.17, 15) is 32.0 Å². The third-order valence-electron chi connectivity index (χ3n) is 6.72. The molecule has 0 bridgehead atoms. The van der Waals surface area contributed by atoms with Crippen LogP contribution in [0.2, 0.25) is 5.02 Å². The molecule has 1 aromatic carbocycles. The molecule has 13 heteroatoms. The van der Waals surface area contributed by atoms with Gasteiger partial charge in [-0.2, -0.15) is 5.26 Å². The molecule has 3 aliphatic rings. The van der Waals surface area contributed by atoms with Gasteiger partial charge in [0.15, 0.2) is 9.84 Å². The Morgan fingerprint density at radius 1 is 1.24 bits per heavy atom. The molecule has 0 spiro atoms. The summed E-state index contributed by atoms with van der Waals surface area (Å²) in [5.41, 5.74) is -1.50. The van der Waals surface area contributed by atoms with E-state index in [1.54, 1.807) is 20.8 Å². The number of nitrogens with zero attached hydrogens (tertiary/aromatic N) is 3. The van der Waals surface area contributed by atoms with E-state index < -0.39 is 56.7 Å². The van der Waals surface area contributed by atoms with Crippen LogP contribution in [0.1, 0.15) is 46.5 Å². The number of sulfone groups is 1. The van der Waals surface area contributed by atoms with Crippen molar-refractivity contribution >= 4 is 39.1 Å². The van der Waals surface area contributed by atoms with Gasteiger partial charge in [0, 0.05) is 25.2 Å². The van der Waals surface area contributed by atoms with Crippen LogP contribution in [-0.4, -0.2) is 73.3 Å². The van der Waals surface area contributed by atoms with Crippen LogP contribution in [0, 0.1) is 11.3 Å². The second-order valence-corrected chi connectivity index (χ2v) is 13.5. The van der Waals surface area contributed by atoms with Crippen molar-refractivity contribution in [3.63, 3.8) is 0 Å². The number of ether oxygens (including phenoxy) is 1. The van der Waals surface area contributed by atoms with Gasteiger partial charge >= 0.3 is 6.09 Å². The van der Waals surface area contributed by atoms with Crippen LogP contribution >= 0.6 is 11.6 Å². The van der Waals surface area contributed by atoms with Crippen molar-refractivity contribution in [2.24, 2.45) is 0 Å². The highest BCUT2D eigenvalue weighted by molar-refractivity contribution is 7.92. The standard InChI is InChI=1S/C24H29ClF2N4O5S/c1-22(2,3)36-21(33)31-12-16(11-18(31)20(32)29-23(13-28)6-7-23)37(34,35)19-5-4-15(10-17(19)25)30-9-8-24(26,27)14-30/h4-5,10,16,18H,6-9,11-12,14H2,1-3H3,(H,29,32)/t16-,18+/m1/s1. The molecule has 0 aromatic heterocycles. The van der Waals surface area contributed by atoms with Crippen LogP contribution in [0.5, 0.6) is 0 Å². The molecule has 1 saturated carbocycles. The zero-order chi connectivity index (χ0) is 27.4. The molecular formula is C24H29ClF2N4O5S. The van der Waals surface area contributed by atoms with Gasteiger partial charge in [-0.1, -0.05) is 11.6 Å². The number of rotatable bonds is 5. The van der Waals surface area contributed by atoms with Crippen molar-refractivity contribution in [2.75, 3.05) is 24.5 Å². The SMILES string of the molecule is CC(C)(C)OC(=O)N1C[C@H](S(=O)(=O)c2ccc(N3CCC(F)(F)C3)cc2Cl)C[C@H]1C(=O)NC1(C#N)CC1. The first kappa shape index (κ1) is 27.4. The molecule has 0 radical (unpaired) electrons. The summed E-state index contributed by atoms with van der Waals surface area (Å²) >= 11 is 6.33. The van der Waals surface area contributed by atoms with E-state index in [1.165, 1.54) is 23.1 Å². The van der Waals surface area contributed by atoms with E-state index in [1.807, 2.05) is 6.07 Å². The van der Waals surface area contributed by atoms with Crippen LogP contribution in [-0.2, 0) is 19.4 Å². The summed E-state index contributed by atoms with van der Waals surface area (Å²) in [5.74, 6) is -3.45. The molecule has 2 heterocycles. The first-order valence-electron chi connectivity index (χ1n) is 11.9. The van der Waals surface area contributed by atoms with Gasteiger partial charge in [0.1, 0.15) is 17.2 Å². The number of hydrogen-bond acceptors (Lipinski definition) is 7. The molecule has 3 fully saturated rings. The van der Waals surface area contributed by atoms with Gasteiger partial charge in [0.25, 0.3) is 5.92 Å². The van der Waals surface area contributed by atoms with Gasteiger partial charge in [-0.3, -0.25) is 9.69 Å². The minimum Gasteiger partial charge on any atom is -0.444 e. The lowest BCUT2D eigenvalue weighted by molar-refractivity contribution is -0.126. The lowest BCUT2D eigenvalue weighted by Crippen LogP contribution is -2.50. The smallest absolute Gasteiger partial charge is 0.411 e. The monoisotopic (exact) mass is 558 g/mol.